The molecule has 4 rings (SSSR count). The first-order valence-electron chi connectivity index (χ1n) is 7.40. The van der Waals surface area contributed by atoms with Crippen LogP contribution in [0, 0.1) is 5.82 Å². The number of ether oxygens (including phenoxy) is 2. The van der Waals surface area contributed by atoms with Crippen LogP contribution in [0.25, 0.3) is 11.0 Å². The zero-order valence-corrected chi connectivity index (χ0v) is 13.3. The van der Waals surface area contributed by atoms with Gasteiger partial charge in [-0.3, -0.25) is 0 Å². The standard InChI is InChI=1S/C17H14ClFN2O3/c18-13-5-11(19)1-4-16(13)24-12-2-3-14-15(6-12)21(10-20-14)7-17(22)8-23-9-17/h1-6,10,22H,7-9H2. The smallest absolute Gasteiger partial charge is 0.146 e. The molecule has 1 aliphatic rings. The predicted octanol–water partition coefficient (Wildman–Crippen LogP) is 3.38. The highest BCUT2D eigenvalue weighted by atomic mass is 35.5. The highest BCUT2D eigenvalue weighted by Gasteiger charge is 2.36. The fraction of sp³-hybridized carbons (Fsp3) is 0.235. The first kappa shape index (κ1) is 15.4. The summed E-state index contributed by atoms with van der Waals surface area (Å²) in [6, 6.07) is 9.36. The van der Waals surface area contributed by atoms with Crippen LogP contribution in [0.4, 0.5) is 4.39 Å². The van der Waals surface area contributed by atoms with Gasteiger partial charge in [0.05, 0.1) is 42.1 Å². The molecular formula is C17H14ClFN2O3. The molecular weight excluding hydrogens is 335 g/mol. The molecule has 0 unspecified atom stereocenters. The van der Waals surface area contributed by atoms with Gasteiger partial charge >= 0.3 is 0 Å². The maximum absolute atomic E-state index is 13.1. The van der Waals surface area contributed by atoms with E-state index in [2.05, 4.69) is 4.98 Å². The van der Waals surface area contributed by atoms with Gasteiger partial charge in [-0.1, -0.05) is 11.6 Å². The fourth-order valence-electron chi connectivity index (χ4n) is 2.66. The number of aromatic nitrogens is 2. The number of benzene rings is 2. The number of hydrogen-bond donors (Lipinski definition) is 1. The van der Waals surface area contributed by atoms with Crippen molar-refractivity contribution < 1.29 is 19.0 Å². The third-order valence-corrected chi connectivity index (χ3v) is 4.22. The number of halogens is 2. The van der Waals surface area contributed by atoms with E-state index in [-0.39, 0.29) is 5.02 Å². The van der Waals surface area contributed by atoms with Gasteiger partial charge in [0.15, 0.2) is 0 Å². The third kappa shape index (κ3) is 2.84. The molecule has 24 heavy (non-hydrogen) atoms. The molecule has 0 radical (unpaired) electrons. The minimum Gasteiger partial charge on any atom is -0.456 e. The Morgan fingerprint density at radius 3 is 2.83 bits per heavy atom. The summed E-state index contributed by atoms with van der Waals surface area (Å²) in [5.74, 6) is 0.501. The highest BCUT2D eigenvalue weighted by molar-refractivity contribution is 6.32. The minimum absolute atomic E-state index is 0.199. The molecule has 0 aliphatic carbocycles. The fourth-order valence-corrected chi connectivity index (χ4v) is 2.86. The Morgan fingerprint density at radius 2 is 2.12 bits per heavy atom. The molecule has 2 heterocycles. The Labute approximate surface area is 142 Å². The SMILES string of the molecule is OC1(Cn2cnc3ccc(Oc4ccc(F)cc4Cl)cc32)COC1. The van der Waals surface area contributed by atoms with Crippen LogP contribution in [-0.2, 0) is 11.3 Å². The first-order chi connectivity index (χ1) is 11.5. The number of fused-ring (bicyclic) bond motifs is 1. The minimum atomic E-state index is -0.856. The summed E-state index contributed by atoms with van der Waals surface area (Å²) >= 11 is 5.99. The second kappa shape index (κ2) is 5.73. The molecule has 124 valence electrons. The van der Waals surface area contributed by atoms with E-state index in [1.807, 2.05) is 16.7 Å². The van der Waals surface area contributed by atoms with Crippen molar-refractivity contribution in [2.45, 2.75) is 12.1 Å². The van der Waals surface area contributed by atoms with Crippen LogP contribution in [0.1, 0.15) is 0 Å². The van der Waals surface area contributed by atoms with Crippen LogP contribution in [0.15, 0.2) is 42.7 Å². The summed E-state index contributed by atoms with van der Waals surface area (Å²) in [7, 11) is 0. The van der Waals surface area contributed by atoms with Gasteiger partial charge in [0.2, 0.25) is 0 Å². The Balaban J connectivity index is 1.64. The van der Waals surface area contributed by atoms with Crippen molar-refractivity contribution in [3.8, 4) is 11.5 Å². The molecule has 0 bridgehead atoms. The normalized spacial score (nSPS) is 16.1. The monoisotopic (exact) mass is 348 g/mol. The van der Waals surface area contributed by atoms with E-state index >= 15 is 0 Å². The van der Waals surface area contributed by atoms with Gasteiger partial charge in [-0.05, 0) is 30.3 Å². The van der Waals surface area contributed by atoms with Gasteiger partial charge in [-0.15, -0.1) is 0 Å². The lowest BCUT2D eigenvalue weighted by Gasteiger charge is -2.36. The highest BCUT2D eigenvalue weighted by Crippen LogP contribution is 2.31. The zero-order chi connectivity index (χ0) is 16.7. The predicted molar refractivity (Wildman–Crippen MR) is 87.0 cm³/mol. The number of aliphatic hydroxyl groups is 1. The van der Waals surface area contributed by atoms with Gasteiger partial charge in [0.25, 0.3) is 0 Å². The molecule has 0 amide bonds. The van der Waals surface area contributed by atoms with E-state index in [0.717, 1.165) is 11.0 Å². The molecule has 3 aromatic rings. The third-order valence-electron chi connectivity index (χ3n) is 3.92. The molecule has 1 N–H and O–H groups in total. The summed E-state index contributed by atoms with van der Waals surface area (Å²) in [6.07, 6.45) is 1.68. The molecule has 5 nitrogen and oxygen atoms in total. The number of imidazole rings is 1. The van der Waals surface area contributed by atoms with Gasteiger partial charge < -0.3 is 19.1 Å². The Morgan fingerprint density at radius 1 is 1.29 bits per heavy atom. The quantitative estimate of drug-likeness (QED) is 0.785. The zero-order valence-electron chi connectivity index (χ0n) is 12.6. The Kier molecular flexibility index (Phi) is 3.68. The topological polar surface area (TPSA) is 56.5 Å². The largest absolute Gasteiger partial charge is 0.456 e. The first-order valence-corrected chi connectivity index (χ1v) is 7.78. The maximum atomic E-state index is 13.1. The summed E-state index contributed by atoms with van der Waals surface area (Å²) in [5.41, 5.74) is 0.757. The second-order valence-corrected chi connectivity index (χ2v) is 6.32. The van der Waals surface area contributed by atoms with Crippen molar-refractivity contribution in [1.29, 1.82) is 0 Å². The van der Waals surface area contributed by atoms with E-state index in [4.69, 9.17) is 21.1 Å². The van der Waals surface area contributed by atoms with Crippen molar-refractivity contribution in [2.75, 3.05) is 13.2 Å². The van der Waals surface area contributed by atoms with Gasteiger partial charge in [0, 0.05) is 6.07 Å². The van der Waals surface area contributed by atoms with Crippen molar-refractivity contribution in [3.05, 3.63) is 53.6 Å². The molecule has 0 saturated carbocycles. The van der Waals surface area contributed by atoms with Crippen LogP contribution < -0.4 is 4.74 Å². The van der Waals surface area contributed by atoms with Gasteiger partial charge in [-0.2, -0.15) is 0 Å². The van der Waals surface area contributed by atoms with E-state index in [9.17, 15) is 9.50 Å². The number of rotatable bonds is 4. The average molecular weight is 349 g/mol. The lowest BCUT2D eigenvalue weighted by Crippen LogP contribution is -2.52. The Hall–Kier alpha value is -2.15. The number of hydrogen-bond acceptors (Lipinski definition) is 4. The van der Waals surface area contributed by atoms with Crippen molar-refractivity contribution in [2.24, 2.45) is 0 Å². The van der Waals surface area contributed by atoms with Crippen LogP contribution in [0.5, 0.6) is 11.5 Å². The maximum Gasteiger partial charge on any atom is 0.146 e. The Bertz CT molecular complexity index is 908. The van der Waals surface area contributed by atoms with Crippen LogP contribution in [-0.4, -0.2) is 33.5 Å². The van der Waals surface area contributed by atoms with E-state index < -0.39 is 11.4 Å². The molecule has 1 saturated heterocycles. The number of nitrogens with zero attached hydrogens (tertiary/aromatic N) is 2. The van der Waals surface area contributed by atoms with Crippen molar-refractivity contribution in [1.82, 2.24) is 9.55 Å². The molecule has 1 aliphatic heterocycles. The van der Waals surface area contributed by atoms with Crippen molar-refractivity contribution in [3.63, 3.8) is 0 Å². The van der Waals surface area contributed by atoms with Crippen molar-refractivity contribution >= 4 is 22.6 Å². The molecule has 7 heteroatoms. The van der Waals surface area contributed by atoms with Crippen LogP contribution in [0.3, 0.4) is 0 Å². The lowest BCUT2D eigenvalue weighted by molar-refractivity contribution is -0.184. The van der Waals surface area contributed by atoms with E-state index in [1.54, 1.807) is 12.4 Å². The van der Waals surface area contributed by atoms with E-state index in [1.165, 1.54) is 18.2 Å². The van der Waals surface area contributed by atoms with E-state index in [0.29, 0.717) is 31.3 Å². The molecule has 2 aromatic carbocycles. The molecule has 0 spiro atoms. The molecule has 1 fully saturated rings. The van der Waals surface area contributed by atoms with Crippen LogP contribution in [0.2, 0.25) is 5.02 Å². The van der Waals surface area contributed by atoms with Gasteiger partial charge in [0.1, 0.15) is 22.9 Å². The second-order valence-electron chi connectivity index (χ2n) is 5.92. The molecule has 1 aromatic heterocycles. The summed E-state index contributed by atoms with van der Waals surface area (Å²) in [4.78, 5) is 4.32. The van der Waals surface area contributed by atoms with Gasteiger partial charge in [-0.25, -0.2) is 9.37 Å². The average Bonchev–Trinajstić information content (AvgIpc) is 2.91. The summed E-state index contributed by atoms with van der Waals surface area (Å²) in [5, 5.41) is 10.4. The summed E-state index contributed by atoms with van der Waals surface area (Å²) in [6.45, 7) is 1.02. The summed E-state index contributed by atoms with van der Waals surface area (Å²) < 4.78 is 25.8. The molecule has 0 atom stereocenters. The lowest BCUT2D eigenvalue weighted by atomic mass is 10.0. The van der Waals surface area contributed by atoms with Crippen LogP contribution >= 0.6 is 11.6 Å².